The quantitative estimate of drug-likeness (QED) is 0.263. The number of nitro benzene ring substituents is 1. The minimum atomic E-state index is -4.71. The third kappa shape index (κ3) is 4.73. The van der Waals surface area contributed by atoms with Gasteiger partial charge in [-0.3, -0.25) is 24.6 Å². The summed E-state index contributed by atoms with van der Waals surface area (Å²) in [6.45, 7) is 0.990. The maximum absolute atomic E-state index is 13.1. The van der Waals surface area contributed by atoms with E-state index in [4.69, 9.17) is 0 Å². The van der Waals surface area contributed by atoms with Crippen molar-refractivity contribution in [2.75, 3.05) is 43.1 Å². The number of alkyl halides is 3. The first kappa shape index (κ1) is 25.1. The predicted octanol–water partition coefficient (Wildman–Crippen LogP) is 2.85. The number of halogens is 3. The number of carbonyl (C=O) groups is 3. The largest absolute Gasteiger partial charge is 0.465 e. The van der Waals surface area contributed by atoms with E-state index in [0.717, 1.165) is 17.0 Å². The summed E-state index contributed by atoms with van der Waals surface area (Å²) in [5.74, 6) is -1.39. The van der Waals surface area contributed by atoms with Crippen molar-refractivity contribution in [1.29, 1.82) is 0 Å². The Hall–Kier alpha value is -4.00. The number of hydrogen-bond acceptors (Lipinski definition) is 8. The van der Waals surface area contributed by atoms with E-state index in [1.807, 2.05) is 0 Å². The van der Waals surface area contributed by atoms with E-state index in [2.05, 4.69) is 4.74 Å². The molecule has 13 heteroatoms. The lowest BCUT2D eigenvalue weighted by atomic mass is 10.1. The molecule has 0 radical (unpaired) electrons. The fourth-order valence-electron chi connectivity index (χ4n) is 4.42. The Balaban J connectivity index is 1.46. The minimum absolute atomic E-state index is 0.0575. The number of hydrogen-bond donors (Lipinski definition) is 0. The Morgan fingerprint density at radius 2 is 1.69 bits per heavy atom. The van der Waals surface area contributed by atoms with E-state index in [0.29, 0.717) is 11.8 Å². The summed E-state index contributed by atoms with van der Waals surface area (Å²) in [5.41, 5.74) is -1.10. The van der Waals surface area contributed by atoms with Gasteiger partial charge in [-0.05, 0) is 36.4 Å². The van der Waals surface area contributed by atoms with Crippen molar-refractivity contribution in [2.24, 2.45) is 0 Å². The number of ether oxygens (including phenoxy) is 1. The molecule has 1 atom stereocenters. The van der Waals surface area contributed by atoms with E-state index in [-0.39, 0.29) is 43.9 Å². The van der Waals surface area contributed by atoms with Crippen molar-refractivity contribution in [3.63, 3.8) is 0 Å². The molecule has 36 heavy (non-hydrogen) atoms. The maximum Gasteiger partial charge on any atom is 0.416 e. The Morgan fingerprint density at radius 1 is 1.06 bits per heavy atom. The lowest BCUT2D eigenvalue weighted by molar-refractivity contribution is -0.384. The zero-order valence-corrected chi connectivity index (χ0v) is 19.0. The Bertz CT molecular complexity index is 1210. The number of methoxy groups -OCH3 is 1. The van der Waals surface area contributed by atoms with Crippen LogP contribution in [0.2, 0.25) is 0 Å². The van der Waals surface area contributed by atoms with Crippen LogP contribution in [-0.2, 0) is 20.5 Å². The van der Waals surface area contributed by atoms with Gasteiger partial charge in [-0.2, -0.15) is 13.2 Å². The average Bonchev–Trinajstić information content (AvgIpc) is 3.16. The van der Waals surface area contributed by atoms with Crippen molar-refractivity contribution in [1.82, 2.24) is 4.90 Å². The van der Waals surface area contributed by atoms with E-state index in [1.54, 1.807) is 9.80 Å². The van der Waals surface area contributed by atoms with Gasteiger partial charge in [0.1, 0.15) is 5.69 Å². The minimum Gasteiger partial charge on any atom is -0.465 e. The molecule has 2 aliphatic heterocycles. The number of anilines is 2. The number of piperazine rings is 1. The highest BCUT2D eigenvalue weighted by Gasteiger charge is 2.44. The number of rotatable bonds is 5. The van der Waals surface area contributed by atoms with Crippen LogP contribution >= 0.6 is 0 Å². The summed E-state index contributed by atoms with van der Waals surface area (Å²) < 4.78 is 43.6. The van der Waals surface area contributed by atoms with Gasteiger partial charge in [0, 0.05) is 32.2 Å². The van der Waals surface area contributed by atoms with Gasteiger partial charge in [0.15, 0.2) is 0 Å². The van der Waals surface area contributed by atoms with E-state index in [1.165, 1.54) is 31.4 Å². The summed E-state index contributed by atoms with van der Waals surface area (Å²) >= 11 is 0. The van der Waals surface area contributed by atoms with Crippen LogP contribution in [0.1, 0.15) is 22.3 Å². The lowest BCUT2D eigenvalue weighted by Gasteiger charge is -2.37. The Kier molecular flexibility index (Phi) is 6.67. The van der Waals surface area contributed by atoms with Crippen molar-refractivity contribution in [2.45, 2.75) is 18.6 Å². The van der Waals surface area contributed by atoms with Crippen molar-refractivity contribution in [3.8, 4) is 0 Å². The fraction of sp³-hybridized carbons (Fsp3) is 0.348. The fourth-order valence-corrected chi connectivity index (χ4v) is 4.42. The molecule has 2 aliphatic rings. The third-order valence-corrected chi connectivity index (χ3v) is 6.26. The summed E-state index contributed by atoms with van der Waals surface area (Å²) in [4.78, 5) is 52.4. The Morgan fingerprint density at radius 3 is 2.25 bits per heavy atom. The van der Waals surface area contributed by atoms with Crippen LogP contribution in [0.5, 0.6) is 0 Å². The van der Waals surface area contributed by atoms with Crippen LogP contribution in [-0.4, -0.2) is 66.9 Å². The number of nitro groups is 1. The predicted molar refractivity (Wildman–Crippen MR) is 121 cm³/mol. The smallest absolute Gasteiger partial charge is 0.416 e. The average molecular weight is 506 g/mol. The molecule has 2 saturated heterocycles. The SMILES string of the molecule is COC(=O)c1ccc(N2C(=O)C[C@H](N3CCN(c4ccc(C(F)(F)F)cc4[N+](=O)[O-])CC3)C2=O)cc1. The number of carbonyl (C=O) groups excluding carboxylic acids is 3. The van der Waals surface area contributed by atoms with Crippen LogP contribution in [0.4, 0.5) is 30.2 Å². The monoisotopic (exact) mass is 506 g/mol. The number of esters is 1. The molecule has 0 spiro atoms. The molecule has 0 aromatic heterocycles. The highest BCUT2D eigenvalue weighted by molar-refractivity contribution is 6.22. The molecule has 2 heterocycles. The summed E-state index contributed by atoms with van der Waals surface area (Å²) in [5, 5.41) is 11.4. The van der Waals surface area contributed by atoms with Crippen LogP contribution in [0.25, 0.3) is 0 Å². The molecule has 4 rings (SSSR count). The standard InChI is InChI=1S/C23H21F3N4O6/c1-36-22(33)14-2-5-16(6-3-14)29-20(31)13-19(21(29)32)28-10-8-27(9-11-28)17-7-4-15(23(24,25)26)12-18(17)30(34)35/h2-7,12,19H,8-11,13H2,1H3/t19-/m0/s1. The molecule has 2 aromatic carbocycles. The summed E-state index contributed by atoms with van der Waals surface area (Å²) in [7, 11) is 1.24. The number of imide groups is 1. The third-order valence-electron chi connectivity index (χ3n) is 6.26. The Labute approximate surface area is 203 Å². The lowest BCUT2D eigenvalue weighted by Crippen LogP contribution is -2.52. The van der Waals surface area contributed by atoms with Gasteiger partial charge >= 0.3 is 12.1 Å². The zero-order chi connectivity index (χ0) is 26.2. The first-order valence-electron chi connectivity index (χ1n) is 10.9. The molecule has 190 valence electrons. The maximum atomic E-state index is 13.1. The highest BCUT2D eigenvalue weighted by Crippen LogP contribution is 2.37. The summed E-state index contributed by atoms with van der Waals surface area (Å²) in [6.07, 6.45) is -4.76. The molecule has 10 nitrogen and oxygen atoms in total. The van der Waals surface area contributed by atoms with E-state index >= 15 is 0 Å². The second-order valence-electron chi connectivity index (χ2n) is 8.31. The van der Waals surface area contributed by atoms with Gasteiger partial charge in [0.2, 0.25) is 5.91 Å². The van der Waals surface area contributed by atoms with E-state index < -0.39 is 46.2 Å². The number of nitrogens with zero attached hydrogens (tertiary/aromatic N) is 4. The van der Waals surface area contributed by atoms with Gasteiger partial charge in [-0.15, -0.1) is 0 Å². The topological polar surface area (TPSA) is 113 Å². The first-order valence-corrected chi connectivity index (χ1v) is 10.9. The van der Waals surface area contributed by atoms with Crippen LogP contribution < -0.4 is 9.80 Å². The van der Waals surface area contributed by atoms with Gasteiger partial charge in [0.05, 0.1) is 41.3 Å². The summed E-state index contributed by atoms with van der Waals surface area (Å²) in [6, 6.07) is 7.53. The number of amides is 2. The molecular formula is C23H21F3N4O6. The number of benzene rings is 2. The molecule has 0 aliphatic carbocycles. The van der Waals surface area contributed by atoms with Crippen molar-refractivity contribution < 1.29 is 37.2 Å². The molecule has 2 amide bonds. The van der Waals surface area contributed by atoms with Crippen LogP contribution in [0.15, 0.2) is 42.5 Å². The second-order valence-corrected chi connectivity index (χ2v) is 8.31. The van der Waals surface area contributed by atoms with Gasteiger partial charge in [-0.1, -0.05) is 0 Å². The molecule has 2 fully saturated rings. The second kappa shape index (κ2) is 9.57. The van der Waals surface area contributed by atoms with Gasteiger partial charge in [-0.25, -0.2) is 9.69 Å². The molecule has 0 N–H and O–H groups in total. The van der Waals surface area contributed by atoms with Crippen molar-refractivity contribution in [3.05, 3.63) is 63.7 Å². The van der Waals surface area contributed by atoms with Gasteiger partial charge in [0.25, 0.3) is 11.6 Å². The molecule has 2 aromatic rings. The molecule has 0 unspecified atom stereocenters. The van der Waals surface area contributed by atoms with Crippen LogP contribution in [0.3, 0.4) is 0 Å². The molecule has 0 saturated carbocycles. The van der Waals surface area contributed by atoms with Gasteiger partial charge < -0.3 is 9.64 Å². The zero-order valence-electron chi connectivity index (χ0n) is 19.0. The highest BCUT2D eigenvalue weighted by atomic mass is 19.4. The molecule has 0 bridgehead atoms. The molecular weight excluding hydrogens is 485 g/mol. The van der Waals surface area contributed by atoms with Crippen molar-refractivity contribution >= 4 is 34.8 Å². The van der Waals surface area contributed by atoms with E-state index in [9.17, 15) is 37.7 Å². The van der Waals surface area contributed by atoms with Crippen LogP contribution in [0, 0.1) is 10.1 Å². The first-order chi connectivity index (χ1) is 17.0. The normalized spacial score (nSPS) is 19.1.